The van der Waals surface area contributed by atoms with Crippen molar-refractivity contribution in [3.05, 3.63) is 0 Å². The highest BCUT2D eigenvalue weighted by molar-refractivity contribution is 5.79. The molecule has 0 aliphatic heterocycles. The molecule has 0 bridgehead atoms. The Morgan fingerprint density at radius 3 is 2.42 bits per heavy atom. The maximum Gasteiger partial charge on any atom is 0.191 e. The summed E-state index contributed by atoms with van der Waals surface area (Å²) in [5.41, 5.74) is 0. The van der Waals surface area contributed by atoms with Crippen LogP contribution in [0.3, 0.4) is 0 Å². The first kappa shape index (κ1) is 16.3. The number of hydrogen-bond donors (Lipinski definition) is 2. The highest BCUT2D eigenvalue weighted by atomic mass is 15.2. The molecule has 4 nitrogen and oxygen atoms in total. The minimum Gasteiger partial charge on any atom is -0.357 e. The van der Waals surface area contributed by atoms with Crippen LogP contribution in [0.4, 0.5) is 0 Å². The smallest absolute Gasteiger partial charge is 0.191 e. The first-order valence-electron chi connectivity index (χ1n) is 8.04. The minimum absolute atomic E-state index is 0.859. The number of nitrogens with one attached hydrogen (secondary N) is 2. The fourth-order valence-corrected chi connectivity index (χ4v) is 2.07. The van der Waals surface area contributed by atoms with Crippen LogP contribution < -0.4 is 10.6 Å². The topological polar surface area (TPSA) is 39.7 Å². The zero-order valence-electron chi connectivity index (χ0n) is 13.0. The minimum atomic E-state index is 0.859. The van der Waals surface area contributed by atoms with Crippen molar-refractivity contribution in [2.24, 2.45) is 10.9 Å². The Morgan fingerprint density at radius 2 is 1.84 bits per heavy atom. The summed E-state index contributed by atoms with van der Waals surface area (Å²) in [5.74, 6) is 1.86. The van der Waals surface area contributed by atoms with E-state index in [4.69, 9.17) is 0 Å². The van der Waals surface area contributed by atoms with Gasteiger partial charge in [0.05, 0.1) is 0 Å². The highest BCUT2D eigenvalue weighted by Gasteiger charge is 2.20. The lowest BCUT2D eigenvalue weighted by Crippen LogP contribution is -2.38. The summed E-state index contributed by atoms with van der Waals surface area (Å²) >= 11 is 0. The maximum atomic E-state index is 4.62. The molecular formula is C15H32N4. The van der Waals surface area contributed by atoms with E-state index in [0.717, 1.165) is 44.6 Å². The number of unbranched alkanes of at least 4 members (excludes halogenated alkanes) is 1. The predicted molar refractivity (Wildman–Crippen MR) is 83.7 cm³/mol. The Labute approximate surface area is 119 Å². The second kappa shape index (κ2) is 10.1. The van der Waals surface area contributed by atoms with Crippen molar-refractivity contribution >= 4 is 5.96 Å². The van der Waals surface area contributed by atoms with E-state index < -0.39 is 0 Å². The molecule has 0 aromatic heterocycles. The quantitative estimate of drug-likeness (QED) is 0.362. The first-order chi connectivity index (χ1) is 9.30. The van der Waals surface area contributed by atoms with Crippen LogP contribution in [0.15, 0.2) is 4.99 Å². The first-order valence-corrected chi connectivity index (χ1v) is 8.04. The number of rotatable bonds is 10. The fraction of sp³-hybridized carbons (Fsp3) is 0.933. The lowest BCUT2D eigenvalue weighted by Gasteiger charge is -2.18. The molecule has 0 spiro atoms. The Morgan fingerprint density at radius 1 is 1.11 bits per heavy atom. The maximum absolute atomic E-state index is 4.62. The molecule has 112 valence electrons. The average Bonchev–Trinajstić information content (AvgIpc) is 3.24. The number of nitrogens with zero attached hydrogens (tertiary/aromatic N) is 2. The van der Waals surface area contributed by atoms with Crippen LogP contribution in [0.25, 0.3) is 0 Å². The molecule has 0 heterocycles. The van der Waals surface area contributed by atoms with E-state index in [2.05, 4.69) is 41.3 Å². The summed E-state index contributed by atoms with van der Waals surface area (Å²) in [5, 5.41) is 6.75. The van der Waals surface area contributed by atoms with Crippen molar-refractivity contribution in [3.63, 3.8) is 0 Å². The van der Waals surface area contributed by atoms with Crippen LogP contribution in [-0.2, 0) is 0 Å². The molecule has 1 aliphatic carbocycles. The van der Waals surface area contributed by atoms with Crippen LogP contribution in [0.2, 0.25) is 0 Å². The molecule has 0 atom stereocenters. The van der Waals surface area contributed by atoms with Gasteiger partial charge in [-0.2, -0.15) is 0 Å². The van der Waals surface area contributed by atoms with Gasteiger partial charge in [0, 0.05) is 19.6 Å². The normalized spacial score (nSPS) is 15.9. The third-order valence-corrected chi connectivity index (χ3v) is 3.64. The van der Waals surface area contributed by atoms with Crippen molar-refractivity contribution in [2.45, 2.75) is 46.5 Å². The molecule has 0 radical (unpaired) electrons. The largest absolute Gasteiger partial charge is 0.357 e. The molecule has 0 aromatic rings. The SMILES string of the molecule is CCNC(=NCC1CC1)NCCCCN(CC)CC. The van der Waals surface area contributed by atoms with Gasteiger partial charge in [0.25, 0.3) is 0 Å². The summed E-state index contributed by atoms with van der Waals surface area (Å²) in [7, 11) is 0. The summed E-state index contributed by atoms with van der Waals surface area (Å²) in [6, 6.07) is 0. The van der Waals surface area contributed by atoms with E-state index in [-0.39, 0.29) is 0 Å². The van der Waals surface area contributed by atoms with E-state index in [1.807, 2.05) is 0 Å². The Kier molecular flexibility index (Phi) is 8.63. The van der Waals surface area contributed by atoms with Gasteiger partial charge >= 0.3 is 0 Å². The van der Waals surface area contributed by atoms with Gasteiger partial charge in [-0.25, -0.2) is 0 Å². The molecule has 19 heavy (non-hydrogen) atoms. The predicted octanol–water partition coefficient (Wildman–Crippen LogP) is 2.07. The Bertz CT molecular complexity index is 245. The van der Waals surface area contributed by atoms with Crippen molar-refractivity contribution in [3.8, 4) is 0 Å². The number of hydrogen-bond acceptors (Lipinski definition) is 2. The van der Waals surface area contributed by atoms with Crippen LogP contribution in [-0.4, -0.2) is 50.1 Å². The van der Waals surface area contributed by atoms with E-state index in [1.165, 1.54) is 32.2 Å². The van der Waals surface area contributed by atoms with Crippen LogP contribution in [0.5, 0.6) is 0 Å². The summed E-state index contributed by atoms with van der Waals surface area (Å²) in [6.07, 6.45) is 5.21. The third kappa shape index (κ3) is 8.09. The molecule has 1 rings (SSSR count). The molecule has 2 N–H and O–H groups in total. The standard InChI is InChI=1S/C15H32N4/c1-4-16-15(18-13-14-9-10-14)17-11-7-8-12-19(5-2)6-3/h14H,4-13H2,1-3H3,(H2,16,17,18). The van der Waals surface area contributed by atoms with Crippen molar-refractivity contribution in [1.29, 1.82) is 0 Å². The zero-order valence-corrected chi connectivity index (χ0v) is 13.0. The molecule has 1 saturated carbocycles. The molecular weight excluding hydrogens is 236 g/mol. The fourth-order valence-electron chi connectivity index (χ4n) is 2.07. The summed E-state index contributed by atoms with van der Waals surface area (Å²) in [6.45, 7) is 13.1. The highest BCUT2D eigenvalue weighted by Crippen LogP contribution is 2.28. The third-order valence-electron chi connectivity index (χ3n) is 3.64. The van der Waals surface area contributed by atoms with E-state index in [1.54, 1.807) is 0 Å². The molecule has 0 saturated heterocycles. The molecule has 1 fully saturated rings. The molecule has 0 aromatic carbocycles. The Balaban J connectivity index is 2.08. The van der Waals surface area contributed by atoms with Gasteiger partial charge in [-0.1, -0.05) is 13.8 Å². The number of aliphatic imine (C=N–C) groups is 1. The van der Waals surface area contributed by atoms with Gasteiger partial charge in [-0.15, -0.1) is 0 Å². The van der Waals surface area contributed by atoms with E-state index in [0.29, 0.717) is 0 Å². The van der Waals surface area contributed by atoms with Crippen molar-refractivity contribution < 1.29 is 0 Å². The van der Waals surface area contributed by atoms with Gasteiger partial charge in [0.15, 0.2) is 5.96 Å². The van der Waals surface area contributed by atoms with Crippen molar-refractivity contribution in [2.75, 3.05) is 39.3 Å². The molecule has 0 unspecified atom stereocenters. The van der Waals surface area contributed by atoms with Gasteiger partial charge in [0.2, 0.25) is 0 Å². The van der Waals surface area contributed by atoms with Crippen LogP contribution >= 0.6 is 0 Å². The number of guanidine groups is 1. The van der Waals surface area contributed by atoms with Gasteiger partial charge in [0.1, 0.15) is 0 Å². The van der Waals surface area contributed by atoms with Crippen LogP contribution in [0, 0.1) is 5.92 Å². The lowest BCUT2D eigenvalue weighted by molar-refractivity contribution is 0.297. The molecule has 1 aliphatic rings. The Hall–Kier alpha value is -0.770. The van der Waals surface area contributed by atoms with Gasteiger partial charge in [-0.3, -0.25) is 4.99 Å². The van der Waals surface area contributed by atoms with Crippen LogP contribution in [0.1, 0.15) is 46.5 Å². The van der Waals surface area contributed by atoms with Crippen molar-refractivity contribution in [1.82, 2.24) is 15.5 Å². The van der Waals surface area contributed by atoms with E-state index >= 15 is 0 Å². The monoisotopic (exact) mass is 268 g/mol. The zero-order chi connectivity index (χ0) is 13.9. The summed E-state index contributed by atoms with van der Waals surface area (Å²) in [4.78, 5) is 7.10. The molecule has 4 heteroatoms. The van der Waals surface area contributed by atoms with Gasteiger partial charge < -0.3 is 15.5 Å². The average molecular weight is 268 g/mol. The van der Waals surface area contributed by atoms with E-state index in [9.17, 15) is 0 Å². The second-order valence-electron chi connectivity index (χ2n) is 5.32. The molecule has 0 amide bonds. The summed E-state index contributed by atoms with van der Waals surface area (Å²) < 4.78 is 0. The second-order valence-corrected chi connectivity index (χ2v) is 5.32. The lowest BCUT2D eigenvalue weighted by atomic mass is 10.3. The van der Waals surface area contributed by atoms with Gasteiger partial charge in [-0.05, 0) is 58.2 Å².